The summed E-state index contributed by atoms with van der Waals surface area (Å²) in [5.74, 6) is 0. The lowest BCUT2D eigenvalue weighted by Gasteiger charge is -2.46. The van der Waals surface area contributed by atoms with Crippen molar-refractivity contribution in [2.24, 2.45) is 11.1 Å². The van der Waals surface area contributed by atoms with Crippen LogP contribution in [0.15, 0.2) is 0 Å². The van der Waals surface area contributed by atoms with Crippen LogP contribution in [0.3, 0.4) is 0 Å². The Bertz CT molecular complexity index is 246. The van der Waals surface area contributed by atoms with Crippen LogP contribution in [-0.2, 0) is 0 Å². The molecule has 1 saturated heterocycles. The highest BCUT2D eigenvalue weighted by atomic mass is 16.3. The van der Waals surface area contributed by atoms with E-state index in [1.165, 1.54) is 0 Å². The fourth-order valence-corrected chi connectivity index (χ4v) is 3.39. The maximum Gasteiger partial charge on any atom is 0.0804 e. The molecule has 0 spiro atoms. The highest BCUT2D eigenvalue weighted by Gasteiger charge is 2.69. The smallest absolute Gasteiger partial charge is 0.0804 e. The molecule has 4 atom stereocenters. The van der Waals surface area contributed by atoms with Crippen molar-refractivity contribution in [2.75, 3.05) is 6.54 Å². The second kappa shape index (κ2) is 2.34. The van der Waals surface area contributed by atoms with Gasteiger partial charge in [0.05, 0.1) is 11.1 Å². The molecule has 0 unspecified atom stereocenters. The quantitative estimate of drug-likeness (QED) is 0.535. The van der Waals surface area contributed by atoms with Crippen molar-refractivity contribution >= 4 is 0 Å². The van der Waals surface area contributed by atoms with Crippen LogP contribution in [0, 0.1) is 5.41 Å². The normalized spacial score (nSPS) is 63.0. The number of hydrogen-bond donors (Lipinski definition) is 3. The second-order valence-electron chi connectivity index (χ2n) is 6.00. The Labute approximate surface area is 86.1 Å². The summed E-state index contributed by atoms with van der Waals surface area (Å²) in [4.78, 5) is 0. The largest absolute Gasteiger partial charge is 0.388 e. The standard InChI is InChI=1S/C11H22N2O/c1-8-5-6-10(3,14)11(8,4)13-7-9(8,2)12/h13-14H,5-7,12H2,1-4H3/t8-,9-,10+,11+/m1/s1. The van der Waals surface area contributed by atoms with Gasteiger partial charge in [0, 0.05) is 17.5 Å². The first-order valence-corrected chi connectivity index (χ1v) is 5.43. The van der Waals surface area contributed by atoms with Crippen LogP contribution >= 0.6 is 0 Å². The van der Waals surface area contributed by atoms with Crippen LogP contribution in [0.2, 0.25) is 0 Å². The molecule has 0 amide bonds. The average Bonchev–Trinajstić information content (AvgIpc) is 2.35. The third-order valence-electron chi connectivity index (χ3n) is 5.36. The molecule has 0 aromatic heterocycles. The van der Waals surface area contributed by atoms with Gasteiger partial charge in [-0.3, -0.25) is 0 Å². The van der Waals surface area contributed by atoms with Crippen molar-refractivity contribution in [1.82, 2.24) is 5.32 Å². The van der Waals surface area contributed by atoms with E-state index in [-0.39, 0.29) is 16.5 Å². The lowest BCUT2D eigenvalue weighted by atomic mass is 9.64. The van der Waals surface area contributed by atoms with E-state index in [1.807, 2.05) is 6.92 Å². The molecule has 2 fully saturated rings. The van der Waals surface area contributed by atoms with Crippen molar-refractivity contribution in [2.45, 2.75) is 57.2 Å². The maximum absolute atomic E-state index is 10.4. The van der Waals surface area contributed by atoms with E-state index in [0.717, 1.165) is 19.4 Å². The van der Waals surface area contributed by atoms with Gasteiger partial charge < -0.3 is 16.2 Å². The van der Waals surface area contributed by atoms with Gasteiger partial charge in [-0.2, -0.15) is 0 Å². The van der Waals surface area contributed by atoms with Gasteiger partial charge in [0.1, 0.15) is 0 Å². The molecule has 4 N–H and O–H groups in total. The number of hydrogen-bond acceptors (Lipinski definition) is 3. The van der Waals surface area contributed by atoms with Crippen molar-refractivity contribution in [3.63, 3.8) is 0 Å². The van der Waals surface area contributed by atoms with Crippen LogP contribution < -0.4 is 11.1 Å². The molecule has 0 bridgehead atoms. The van der Waals surface area contributed by atoms with Crippen molar-refractivity contribution in [1.29, 1.82) is 0 Å². The topological polar surface area (TPSA) is 58.3 Å². The average molecular weight is 198 g/mol. The van der Waals surface area contributed by atoms with E-state index in [2.05, 4.69) is 26.1 Å². The van der Waals surface area contributed by atoms with Gasteiger partial charge in [-0.1, -0.05) is 6.92 Å². The zero-order chi connectivity index (χ0) is 10.8. The third kappa shape index (κ3) is 0.841. The molecule has 3 heteroatoms. The minimum Gasteiger partial charge on any atom is -0.388 e. The lowest BCUT2D eigenvalue weighted by Crippen LogP contribution is -2.61. The molecular formula is C11H22N2O. The summed E-state index contributed by atoms with van der Waals surface area (Å²) < 4.78 is 0. The van der Waals surface area contributed by atoms with Crippen molar-refractivity contribution < 1.29 is 5.11 Å². The number of aliphatic hydroxyl groups is 1. The maximum atomic E-state index is 10.4. The van der Waals surface area contributed by atoms with Crippen LogP contribution in [-0.4, -0.2) is 28.3 Å². The molecule has 0 radical (unpaired) electrons. The molecular weight excluding hydrogens is 176 g/mol. The molecule has 1 saturated carbocycles. The van der Waals surface area contributed by atoms with Crippen LogP contribution in [0.1, 0.15) is 40.5 Å². The SMILES string of the molecule is C[C@]12CC[C@](C)(O)[C@@]1(C)NC[C@@]2(C)N. The number of nitrogens with two attached hydrogens (primary N) is 1. The first-order valence-electron chi connectivity index (χ1n) is 5.43. The fourth-order valence-electron chi connectivity index (χ4n) is 3.39. The Morgan fingerprint density at radius 2 is 1.71 bits per heavy atom. The minimum absolute atomic E-state index is 0.0104. The summed E-state index contributed by atoms with van der Waals surface area (Å²) in [6.07, 6.45) is 1.83. The predicted octanol–water partition coefficient (Wildman–Crippen LogP) is 0.617. The summed E-state index contributed by atoms with van der Waals surface area (Å²) >= 11 is 0. The van der Waals surface area contributed by atoms with Crippen LogP contribution in [0.4, 0.5) is 0 Å². The Kier molecular flexibility index (Phi) is 1.74. The molecule has 0 aromatic rings. The van der Waals surface area contributed by atoms with Gasteiger partial charge in [0.2, 0.25) is 0 Å². The van der Waals surface area contributed by atoms with Gasteiger partial charge in [-0.15, -0.1) is 0 Å². The minimum atomic E-state index is -0.640. The highest BCUT2D eigenvalue weighted by Crippen LogP contribution is 2.59. The molecule has 0 aromatic carbocycles. The summed E-state index contributed by atoms with van der Waals surface area (Å²) in [7, 11) is 0. The van der Waals surface area contributed by atoms with E-state index in [9.17, 15) is 5.11 Å². The number of nitrogens with one attached hydrogen (secondary N) is 1. The Morgan fingerprint density at radius 1 is 1.14 bits per heavy atom. The van der Waals surface area contributed by atoms with E-state index >= 15 is 0 Å². The van der Waals surface area contributed by atoms with E-state index in [1.54, 1.807) is 0 Å². The Balaban J connectivity index is 2.50. The summed E-state index contributed by atoms with van der Waals surface area (Å²) in [6, 6.07) is 0. The van der Waals surface area contributed by atoms with Gasteiger partial charge in [-0.05, 0) is 33.6 Å². The molecule has 82 valence electrons. The van der Waals surface area contributed by atoms with Crippen molar-refractivity contribution in [3.05, 3.63) is 0 Å². The molecule has 1 aliphatic heterocycles. The molecule has 2 rings (SSSR count). The van der Waals surface area contributed by atoms with Crippen molar-refractivity contribution in [3.8, 4) is 0 Å². The van der Waals surface area contributed by atoms with E-state index < -0.39 is 5.60 Å². The first-order chi connectivity index (χ1) is 6.16. The van der Waals surface area contributed by atoms with Crippen LogP contribution in [0.25, 0.3) is 0 Å². The molecule has 1 heterocycles. The van der Waals surface area contributed by atoms with Gasteiger partial charge in [-0.25, -0.2) is 0 Å². The molecule has 1 aliphatic carbocycles. The molecule has 2 aliphatic rings. The number of fused-ring (bicyclic) bond motifs is 1. The van der Waals surface area contributed by atoms with E-state index in [0.29, 0.717) is 0 Å². The summed E-state index contributed by atoms with van der Waals surface area (Å²) in [5.41, 5.74) is 5.21. The van der Waals surface area contributed by atoms with Gasteiger partial charge in [0.15, 0.2) is 0 Å². The summed E-state index contributed by atoms with van der Waals surface area (Å²) in [6.45, 7) is 9.11. The highest BCUT2D eigenvalue weighted by molar-refractivity contribution is 5.27. The zero-order valence-electron chi connectivity index (χ0n) is 9.65. The Hall–Kier alpha value is -0.120. The monoisotopic (exact) mass is 198 g/mol. The molecule has 3 nitrogen and oxygen atoms in total. The second-order valence-corrected chi connectivity index (χ2v) is 6.00. The lowest BCUT2D eigenvalue weighted by molar-refractivity contribution is -0.0295. The number of rotatable bonds is 0. The first kappa shape index (κ1) is 10.4. The summed E-state index contributed by atoms with van der Waals surface area (Å²) in [5, 5.41) is 13.8. The third-order valence-corrected chi connectivity index (χ3v) is 5.36. The predicted molar refractivity (Wildman–Crippen MR) is 57.0 cm³/mol. The molecule has 14 heavy (non-hydrogen) atoms. The fraction of sp³-hybridized carbons (Fsp3) is 1.00. The van der Waals surface area contributed by atoms with Gasteiger partial charge in [0.25, 0.3) is 0 Å². The van der Waals surface area contributed by atoms with Crippen LogP contribution in [0.5, 0.6) is 0 Å². The Morgan fingerprint density at radius 3 is 2.21 bits per heavy atom. The van der Waals surface area contributed by atoms with Gasteiger partial charge >= 0.3 is 0 Å². The van der Waals surface area contributed by atoms with E-state index in [4.69, 9.17) is 5.73 Å². The zero-order valence-corrected chi connectivity index (χ0v) is 9.65.